The van der Waals surface area contributed by atoms with Gasteiger partial charge in [0.25, 0.3) is 0 Å². The van der Waals surface area contributed by atoms with Gasteiger partial charge >= 0.3 is 0 Å². The Balaban J connectivity index is 2.16. The lowest BCUT2D eigenvalue weighted by molar-refractivity contribution is -0.141. The van der Waals surface area contributed by atoms with Crippen LogP contribution in [0.4, 0.5) is 0 Å². The largest absolute Gasteiger partial charge is 0.382 e. The molecule has 0 aromatic heterocycles. The third-order valence-electron chi connectivity index (χ3n) is 3.75. The highest BCUT2D eigenvalue weighted by Gasteiger charge is 2.39. The van der Waals surface area contributed by atoms with Gasteiger partial charge in [0.15, 0.2) is 0 Å². The molecule has 0 radical (unpaired) electrons. The topological polar surface area (TPSA) is 67.9 Å². The van der Waals surface area contributed by atoms with E-state index in [-0.39, 0.29) is 30.3 Å². The number of nitrogens with one attached hydrogen (secondary N) is 1. The number of carbonyl (C=O) groups is 2. The van der Waals surface area contributed by atoms with Gasteiger partial charge < -0.3 is 14.8 Å². The van der Waals surface area contributed by atoms with Crippen molar-refractivity contribution in [2.75, 3.05) is 33.5 Å². The molecule has 1 saturated heterocycles. The van der Waals surface area contributed by atoms with Gasteiger partial charge in [0.2, 0.25) is 11.8 Å². The predicted octanol–water partition coefficient (Wildman–Crippen LogP) is 0.945. The molecule has 0 aromatic carbocycles. The molecule has 2 amide bonds. The van der Waals surface area contributed by atoms with E-state index in [0.29, 0.717) is 19.8 Å². The summed E-state index contributed by atoms with van der Waals surface area (Å²) in [6.07, 6.45) is 2.94. The minimum atomic E-state index is -0.346. The van der Waals surface area contributed by atoms with Crippen LogP contribution < -0.4 is 5.32 Å². The molecule has 2 unspecified atom stereocenters. The molecule has 1 N–H and O–H groups in total. The third kappa shape index (κ3) is 5.73. The van der Waals surface area contributed by atoms with Gasteiger partial charge in [-0.3, -0.25) is 14.5 Å². The van der Waals surface area contributed by atoms with E-state index in [9.17, 15) is 9.59 Å². The monoisotopic (exact) mass is 300 g/mol. The van der Waals surface area contributed by atoms with Crippen molar-refractivity contribution in [2.45, 2.75) is 51.6 Å². The molecule has 6 heteroatoms. The Morgan fingerprint density at radius 3 is 2.71 bits per heavy atom. The van der Waals surface area contributed by atoms with Crippen LogP contribution in [0.1, 0.15) is 39.5 Å². The molecular weight excluding hydrogens is 272 g/mol. The third-order valence-corrected chi connectivity index (χ3v) is 3.75. The molecule has 0 saturated carbocycles. The molecule has 1 heterocycles. The summed E-state index contributed by atoms with van der Waals surface area (Å²) in [5.41, 5.74) is 0. The lowest BCUT2D eigenvalue weighted by Crippen LogP contribution is -2.42. The Bertz CT molecular complexity index is 336. The van der Waals surface area contributed by atoms with Crippen LogP contribution in [0.2, 0.25) is 0 Å². The number of imide groups is 1. The molecule has 2 atom stereocenters. The molecule has 0 bridgehead atoms. The fourth-order valence-corrected chi connectivity index (χ4v) is 2.31. The van der Waals surface area contributed by atoms with Crippen LogP contribution in [0.5, 0.6) is 0 Å². The van der Waals surface area contributed by atoms with Crippen molar-refractivity contribution in [3.63, 3.8) is 0 Å². The Hall–Kier alpha value is -0.980. The summed E-state index contributed by atoms with van der Waals surface area (Å²) in [4.78, 5) is 25.4. The fraction of sp³-hybridized carbons (Fsp3) is 0.867. The first-order valence-corrected chi connectivity index (χ1v) is 7.77. The van der Waals surface area contributed by atoms with Gasteiger partial charge in [0, 0.05) is 19.8 Å². The fourth-order valence-electron chi connectivity index (χ4n) is 2.31. The van der Waals surface area contributed by atoms with Gasteiger partial charge in [-0.1, -0.05) is 6.92 Å². The van der Waals surface area contributed by atoms with E-state index in [1.54, 1.807) is 7.11 Å². The maximum atomic E-state index is 12.2. The molecule has 1 rings (SSSR count). The van der Waals surface area contributed by atoms with Crippen LogP contribution in [0.15, 0.2) is 0 Å². The van der Waals surface area contributed by atoms with Crippen LogP contribution in [0, 0.1) is 0 Å². The van der Waals surface area contributed by atoms with E-state index in [4.69, 9.17) is 9.47 Å². The Labute approximate surface area is 127 Å². The van der Waals surface area contributed by atoms with Crippen LogP contribution in [0.25, 0.3) is 0 Å². The van der Waals surface area contributed by atoms with Crippen LogP contribution >= 0.6 is 0 Å². The van der Waals surface area contributed by atoms with Crippen molar-refractivity contribution < 1.29 is 19.1 Å². The summed E-state index contributed by atoms with van der Waals surface area (Å²) in [5.74, 6) is -0.138. The van der Waals surface area contributed by atoms with Crippen molar-refractivity contribution in [2.24, 2.45) is 0 Å². The maximum Gasteiger partial charge on any atom is 0.247 e. The summed E-state index contributed by atoms with van der Waals surface area (Å²) in [5, 5.41) is 3.18. The van der Waals surface area contributed by atoms with Gasteiger partial charge in [-0.05, 0) is 32.7 Å². The molecule has 0 spiro atoms. The Morgan fingerprint density at radius 2 is 2.05 bits per heavy atom. The number of methoxy groups -OCH3 is 1. The van der Waals surface area contributed by atoms with Crippen molar-refractivity contribution in [1.82, 2.24) is 10.2 Å². The second-order valence-electron chi connectivity index (χ2n) is 5.38. The molecular formula is C15H28N2O4. The highest BCUT2D eigenvalue weighted by atomic mass is 16.5. The molecule has 1 aliphatic heterocycles. The Morgan fingerprint density at radius 1 is 1.29 bits per heavy atom. The summed E-state index contributed by atoms with van der Waals surface area (Å²) < 4.78 is 10.3. The highest BCUT2D eigenvalue weighted by molar-refractivity contribution is 6.05. The molecule has 1 aliphatic rings. The van der Waals surface area contributed by atoms with Crippen molar-refractivity contribution in [3.05, 3.63) is 0 Å². The number of unbranched alkanes of at least 4 members (excludes halogenated alkanes) is 1. The second kappa shape index (κ2) is 9.87. The van der Waals surface area contributed by atoms with E-state index >= 15 is 0 Å². The minimum Gasteiger partial charge on any atom is -0.382 e. The van der Waals surface area contributed by atoms with E-state index in [1.165, 1.54) is 4.90 Å². The number of amides is 2. The molecule has 21 heavy (non-hydrogen) atoms. The predicted molar refractivity (Wildman–Crippen MR) is 79.9 cm³/mol. The smallest absolute Gasteiger partial charge is 0.247 e. The SMILES string of the molecule is CCC(C)N1C(=O)CC(NCCCCOCCOC)C1=O. The first-order chi connectivity index (χ1) is 10.1. The maximum absolute atomic E-state index is 12.2. The number of rotatable bonds is 11. The quantitative estimate of drug-likeness (QED) is 0.454. The average molecular weight is 300 g/mol. The van der Waals surface area contributed by atoms with Crippen LogP contribution in [0.3, 0.4) is 0 Å². The molecule has 0 aromatic rings. The normalized spacial score (nSPS) is 20.3. The van der Waals surface area contributed by atoms with Crippen molar-refractivity contribution in [1.29, 1.82) is 0 Å². The van der Waals surface area contributed by atoms with Crippen molar-refractivity contribution >= 4 is 11.8 Å². The average Bonchev–Trinajstić information content (AvgIpc) is 2.75. The van der Waals surface area contributed by atoms with Gasteiger partial charge in [-0.25, -0.2) is 0 Å². The molecule has 6 nitrogen and oxygen atoms in total. The van der Waals surface area contributed by atoms with E-state index in [2.05, 4.69) is 5.32 Å². The zero-order chi connectivity index (χ0) is 15.7. The zero-order valence-corrected chi connectivity index (χ0v) is 13.4. The minimum absolute atomic E-state index is 0.00835. The van der Waals surface area contributed by atoms with Crippen LogP contribution in [-0.4, -0.2) is 62.3 Å². The Kier molecular flexibility index (Phi) is 8.49. The second-order valence-corrected chi connectivity index (χ2v) is 5.38. The van der Waals surface area contributed by atoms with Gasteiger partial charge in [0.1, 0.15) is 0 Å². The lowest BCUT2D eigenvalue weighted by atomic mass is 10.2. The van der Waals surface area contributed by atoms with E-state index in [1.807, 2.05) is 13.8 Å². The number of hydrogen-bond acceptors (Lipinski definition) is 5. The van der Waals surface area contributed by atoms with E-state index < -0.39 is 0 Å². The first-order valence-electron chi connectivity index (χ1n) is 7.77. The summed E-state index contributed by atoms with van der Waals surface area (Å²) in [7, 11) is 1.65. The number of nitrogens with zero attached hydrogens (tertiary/aromatic N) is 1. The van der Waals surface area contributed by atoms with E-state index in [0.717, 1.165) is 25.8 Å². The number of ether oxygens (including phenoxy) is 2. The van der Waals surface area contributed by atoms with Crippen molar-refractivity contribution in [3.8, 4) is 0 Å². The highest BCUT2D eigenvalue weighted by Crippen LogP contribution is 2.17. The lowest BCUT2D eigenvalue weighted by Gasteiger charge is -2.21. The standard InChI is InChI=1S/C15H28N2O4/c1-4-12(2)17-14(18)11-13(15(17)19)16-7-5-6-8-21-10-9-20-3/h12-13,16H,4-11H2,1-3H3. The molecule has 0 aliphatic carbocycles. The number of hydrogen-bond donors (Lipinski definition) is 1. The van der Waals surface area contributed by atoms with Crippen LogP contribution in [-0.2, 0) is 19.1 Å². The molecule has 1 fully saturated rings. The molecule has 122 valence electrons. The summed E-state index contributed by atoms with van der Waals surface area (Å²) >= 11 is 0. The first kappa shape index (κ1) is 18.1. The summed E-state index contributed by atoms with van der Waals surface area (Å²) in [6, 6.07) is -0.355. The van der Waals surface area contributed by atoms with Gasteiger partial charge in [-0.2, -0.15) is 0 Å². The number of likely N-dealkylation sites (tertiary alicyclic amines) is 1. The van der Waals surface area contributed by atoms with Gasteiger partial charge in [-0.15, -0.1) is 0 Å². The summed E-state index contributed by atoms with van der Waals surface area (Å²) in [6.45, 7) is 6.55. The van der Waals surface area contributed by atoms with Gasteiger partial charge in [0.05, 0.1) is 25.7 Å². The number of carbonyl (C=O) groups excluding carboxylic acids is 2. The zero-order valence-electron chi connectivity index (χ0n) is 13.4.